The van der Waals surface area contributed by atoms with Gasteiger partial charge in [0.1, 0.15) is 17.0 Å². The van der Waals surface area contributed by atoms with Crippen molar-refractivity contribution in [2.45, 2.75) is 10.8 Å². The van der Waals surface area contributed by atoms with E-state index in [9.17, 15) is 9.59 Å². The van der Waals surface area contributed by atoms with Crippen LogP contribution in [0.3, 0.4) is 0 Å². The number of alkyl halides is 1. The molecule has 1 aliphatic rings. The highest BCUT2D eigenvalue weighted by Crippen LogP contribution is 2.36. The number of amides is 1. The first-order chi connectivity index (χ1) is 7.24. The van der Waals surface area contributed by atoms with Crippen molar-refractivity contribution in [2.24, 2.45) is 0 Å². The number of thioether (sulfide) groups is 1. The van der Waals surface area contributed by atoms with E-state index in [0.29, 0.717) is 6.29 Å². The van der Waals surface area contributed by atoms with Crippen LogP contribution in [-0.4, -0.2) is 22.3 Å². The molecule has 15 heavy (non-hydrogen) atoms. The van der Waals surface area contributed by atoms with E-state index in [4.69, 9.17) is 11.6 Å². The highest BCUT2D eigenvalue weighted by atomic mass is 35.5. The number of hydrogen-bond acceptors (Lipinski definition) is 3. The molecule has 0 N–H and O–H groups in total. The van der Waals surface area contributed by atoms with Gasteiger partial charge in [-0.25, -0.2) is 0 Å². The van der Waals surface area contributed by atoms with Crippen molar-refractivity contribution < 1.29 is 9.59 Å². The maximum absolute atomic E-state index is 11.6. The third-order valence-electron chi connectivity index (χ3n) is 2.12. The SMILES string of the molecule is O=C[C@H]1SC(=O)N(c2ccccc2)[C@@H]1Cl. The minimum atomic E-state index is -0.595. The summed E-state index contributed by atoms with van der Waals surface area (Å²) in [4.78, 5) is 23.7. The Morgan fingerprint density at radius 3 is 2.53 bits per heavy atom. The van der Waals surface area contributed by atoms with Gasteiger partial charge in [0.05, 0.1) is 0 Å². The fourth-order valence-corrected chi connectivity index (χ4v) is 2.73. The Labute approximate surface area is 96.4 Å². The van der Waals surface area contributed by atoms with Crippen LogP contribution in [0, 0.1) is 0 Å². The van der Waals surface area contributed by atoms with Crippen molar-refractivity contribution in [2.75, 3.05) is 4.90 Å². The van der Waals surface area contributed by atoms with E-state index in [1.807, 2.05) is 18.2 Å². The maximum atomic E-state index is 11.6. The summed E-state index contributed by atoms with van der Waals surface area (Å²) in [5.41, 5.74) is 0.127. The molecular weight excluding hydrogens is 234 g/mol. The molecule has 1 amide bonds. The molecule has 2 rings (SSSR count). The van der Waals surface area contributed by atoms with Gasteiger partial charge in [-0.1, -0.05) is 29.8 Å². The number of para-hydroxylation sites is 1. The predicted octanol–water partition coefficient (Wildman–Crippen LogP) is 2.49. The lowest BCUT2D eigenvalue weighted by Crippen LogP contribution is -2.32. The molecule has 0 radical (unpaired) electrons. The summed E-state index contributed by atoms with van der Waals surface area (Å²) < 4.78 is 0. The number of hydrogen-bond donors (Lipinski definition) is 0. The second-order valence-electron chi connectivity index (χ2n) is 3.06. The number of carbonyl (C=O) groups is 2. The number of halogens is 1. The summed E-state index contributed by atoms with van der Waals surface area (Å²) >= 11 is 6.99. The minimum absolute atomic E-state index is 0.182. The van der Waals surface area contributed by atoms with Crippen molar-refractivity contribution in [3.63, 3.8) is 0 Å². The van der Waals surface area contributed by atoms with Gasteiger partial charge in [-0.2, -0.15) is 0 Å². The minimum Gasteiger partial charge on any atom is -0.302 e. The number of nitrogens with zero attached hydrogens (tertiary/aromatic N) is 1. The Kier molecular flexibility index (Phi) is 2.98. The van der Waals surface area contributed by atoms with E-state index in [-0.39, 0.29) is 5.24 Å². The van der Waals surface area contributed by atoms with Crippen LogP contribution in [0.25, 0.3) is 0 Å². The second-order valence-corrected chi connectivity index (χ2v) is 4.64. The molecule has 3 nitrogen and oxygen atoms in total. The average Bonchev–Trinajstić information content (AvgIpc) is 2.55. The van der Waals surface area contributed by atoms with Crippen LogP contribution in [0.15, 0.2) is 30.3 Å². The van der Waals surface area contributed by atoms with E-state index in [1.165, 1.54) is 4.90 Å². The van der Waals surface area contributed by atoms with Gasteiger partial charge < -0.3 is 4.79 Å². The molecule has 0 aliphatic carbocycles. The molecule has 1 aromatic carbocycles. The van der Waals surface area contributed by atoms with Gasteiger partial charge in [0.25, 0.3) is 5.24 Å². The summed E-state index contributed by atoms with van der Waals surface area (Å²) in [5.74, 6) is 0. The highest BCUT2D eigenvalue weighted by Gasteiger charge is 2.40. The Morgan fingerprint density at radius 1 is 1.33 bits per heavy atom. The molecule has 78 valence electrons. The normalized spacial score (nSPS) is 25.7. The Morgan fingerprint density at radius 2 is 2.00 bits per heavy atom. The van der Waals surface area contributed by atoms with Crippen molar-refractivity contribution in [1.29, 1.82) is 0 Å². The Bertz CT molecular complexity index is 384. The average molecular weight is 242 g/mol. The largest absolute Gasteiger partial charge is 0.302 e. The molecule has 5 heteroatoms. The lowest BCUT2D eigenvalue weighted by atomic mass is 10.3. The molecule has 1 saturated heterocycles. The monoisotopic (exact) mass is 241 g/mol. The first-order valence-electron chi connectivity index (χ1n) is 4.38. The molecule has 0 spiro atoms. The molecular formula is C10H8ClNO2S. The Balaban J connectivity index is 2.30. The summed E-state index contributed by atoms with van der Waals surface area (Å²) in [6.45, 7) is 0. The lowest BCUT2D eigenvalue weighted by molar-refractivity contribution is -0.107. The molecule has 1 heterocycles. The van der Waals surface area contributed by atoms with E-state index in [1.54, 1.807) is 12.1 Å². The zero-order chi connectivity index (χ0) is 10.8. The van der Waals surface area contributed by atoms with Crippen LogP contribution in [0.5, 0.6) is 0 Å². The van der Waals surface area contributed by atoms with Crippen molar-refractivity contribution in [1.82, 2.24) is 0 Å². The molecule has 0 bridgehead atoms. The maximum Gasteiger partial charge on any atom is 0.288 e. The van der Waals surface area contributed by atoms with Gasteiger partial charge in [-0.3, -0.25) is 9.69 Å². The third-order valence-corrected chi connectivity index (χ3v) is 3.78. The molecule has 0 unspecified atom stereocenters. The second kappa shape index (κ2) is 4.24. The van der Waals surface area contributed by atoms with Gasteiger partial charge in [0.2, 0.25) is 0 Å². The molecule has 0 saturated carbocycles. The summed E-state index contributed by atoms with van der Waals surface area (Å²) in [6, 6.07) is 9.09. The first kappa shape index (κ1) is 10.5. The number of anilines is 1. The third kappa shape index (κ3) is 1.87. The molecule has 1 fully saturated rings. The topological polar surface area (TPSA) is 37.4 Å². The molecule has 1 aromatic rings. The smallest absolute Gasteiger partial charge is 0.288 e. The van der Waals surface area contributed by atoms with Crippen LogP contribution >= 0.6 is 23.4 Å². The van der Waals surface area contributed by atoms with E-state index in [0.717, 1.165) is 17.4 Å². The quantitative estimate of drug-likeness (QED) is 0.454. The van der Waals surface area contributed by atoms with Crippen molar-refractivity contribution in [3.8, 4) is 0 Å². The predicted molar refractivity (Wildman–Crippen MR) is 61.4 cm³/mol. The number of carbonyl (C=O) groups excluding carboxylic acids is 2. The molecule has 0 aromatic heterocycles. The zero-order valence-corrected chi connectivity index (χ0v) is 9.24. The van der Waals surface area contributed by atoms with Crippen LogP contribution in [-0.2, 0) is 4.79 Å². The molecule has 1 aliphatic heterocycles. The highest BCUT2D eigenvalue weighted by molar-refractivity contribution is 8.15. The van der Waals surface area contributed by atoms with Crippen LogP contribution < -0.4 is 4.90 Å². The standard InChI is InChI=1S/C10H8ClNO2S/c11-9-8(6-13)15-10(14)12(9)7-4-2-1-3-5-7/h1-6,8-9H/t8-,9+/m1/s1. The first-order valence-corrected chi connectivity index (χ1v) is 5.70. The fourth-order valence-electron chi connectivity index (χ4n) is 1.41. The van der Waals surface area contributed by atoms with Gasteiger partial charge in [0, 0.05) is 5.69 Å². The van der Waals surface area contributed by atoms with Crippen LogP contribution in [0.2, 0.25) is 0 Å². The van der Waals surface area contributed by atoms with E-state index < -0.39 is 10.8 Å². The molecule has 2 atom stereocenters. The lowest BCUT2D eigenvalue weighted by Gasteiger charge is -2.19. The van der Waals surface area contributed by atoms with Gasteiger partial charge in [-0.15, -0.1) is 0 Å². The Hall–Kier alpha value is -1.00. The number of aldehydes is 1. The van der Waals surface area contributed by atoms with Crippen molar-refractivity contribution in [3.05, 3.63) is 30.3 Å². The zero-order valence-electron chi connectivity index (χ0n) is 7.67. The summed E-state index contributed by atoms with van der Waals surface area (Å²) in [6.07, 6.45) is 0.711. The van der Waals surface area contributed by atoms with Gasteiger partial charge in [-0.05, 0) is 23.9 Å². The van der Waals surface area contributed by atoms with E-state index >= 15 is 0 Å². The van der Waals surface area contributed by atoms with Crippen LogP contribution in [0.1, 0.15) is 0 Å². The van der Waals surface area contributed by atoms with E-state index in [2.05, 4.69) is 0 Å². The summed E-state index contributed by atoms with van der Waals surface area (Å²) in [7, 11) is 0. The number of benzene rings is 1. The van der Waals surface area contributed by atoms with Gasteiger partial charge in [0.15, 0.2) is 0 Å². The van der Waals surface area contributed by atoms with Gasteiger partial charge >= 0.3 is 0 Å². The van der Waals surface area contributed by atoms with Crippen LogP contribution in [0.4, 0.5) is 10.5 Å². The fraction of sp³-hybridized carbons (Fsp3) is 0.200. The summed E-state index contributed by atoms with van der Waals surface area (Å²) in [5, 5.41) is -0.669. The van der Waals surface area contributed by atoms with Crippen molar-refractivity contribution >= 4 is 40.6 Å². The number of rotatable bonds is 2.